The molecule has 1 aliphatic heterocycles. The van der Waals surface area contributed by atoms with Gasteiger partial charge in [-0.2, -0.15) is 5.10 Å². The Bertz CT molecular complexity index is 754. The van der Waals surface area contributed by atoms with Gasteiger partial charge in [-0.3, -0.25) is 0 Å². The highest BCUT2D eigenvalue weighted by Crippen LogP contribution is 2.22. The normalized spacial score (nSPS) is 24.1. The van der Waals surface area contributed by atoms with Crippen LogP contribution in [0.15, 0.2) is 30.6 Å². The number of rotatable bonds is 3. The van der Waals surface area contributed by atoms with Crippen LogP contribution in [0, 0.1) is 12.8 Å². The lowest BCUT2D eigenvalue weighted by Gasteiger charge is -2.16. The summed E-state index contributed by atoms with van der Waals surface area (Å²) in [5.41, 5.74) is 1.06. The van der Waals surface area contributed by atoms with Crippen molar-refractivity contribution in [3.05, 3.63) is 36.2 Å². The van der Waals surface area contributed by atoms with Crippen LogP contribution in [0.3, 0.4) is 0 Å². The van der Waals surface area contributed by atoms with Gasteiger partial charge in [0.2, 0.25) is 0 Å². The van der Waals surface area contributed by atoms with Crippen LogP contribution in [0.2, 0.25) is 0 Å². The standard InChI is InChI=1S/C14H18N4O2S/c1-10-6-15-18(7-10)14-5-3-4-13(17-14)16-12-9-21(19,20)8-11(12)2/h3-7,11-12H,8-9H2,1-2H3,(H,16,17)/t11-,12+/m0/s1. The molecule has 0 spiro atoms. The van der Waals surface area contributed by atoms with E-state index in [0.29, 0.717) is 11.6 Å². The monoisotopic (exact) mass is 306 g/mol. The summed E-state index contributed by atoms with van der Waals surface area (Å²) < 4.78 is 25.0. The van der Waals surface area contributed by atoms with Crippen molar-refractivity contribution >= 4 is 15.7 Å². The van der Waals surface area contributed by atoms with E-state index in [0.717, 1.165) is 5.56 Å². The first-order chi connectivity index (χ1) is 9.93. The Balaban J connectivity index is 1.81. The Morgan fingerprint density at radius 2 is 2.14 bits per heavy atom. The quantitative estimate of drug-likeness (QED) is 0.928. The van der Waals surface area contributed by atoms with E-state index in [1.54, 1.807) is 10.9 Å². The van der Waals surface area contributed by atoms with Crippen molar-refractivity contribution in [2.75, 3.05) is 16.8 Å². The molecule has 1 saturated heterocycles. The fraction of sp³-hybridized carbons (Fsp3) is 0.429. The van der Waals surface area contributed by atoms with Gasteiger partial charge in [0.25, 0.3) is 0 Å². The molecular weight excluding hydrogens is 288 g/mol. The van der Waals surface area contributed by atoms with E-state index in [1.807, 2.05) is 38.2 Å². The minimum atomic E-state index is -2.93. The van der Waals surface area contributed by atoms with Crippen LogP contribution in [0.5, 0.6) is 0 Å². The van der Waals surface area contributed by atoms with E-state index >= 15 is 0 Å². The lowest BCUT2D eigenvalue weighted by atomic mass is 10.1. The summed E-state index contributed by atoms with van der Waals surface area (Å²) in [5, 5.41) is 7.46. The van der Waals surface area contributed by atoms with E-state index in [9.17, 15) is 8.42 Å². The zero-order valence-electron chi connectivity index (χ0n) is 12.0. The van der Waals surface area contributed by atoms with Crippen molar-refractivity contribution in [3.8, 4) is 5.82 Å². The first-order valence-electron chi connectivity index (χ1n) is 6.89. The molecule has 2 aromatic heterocycles. The smallest absolute Gasteiger partial charge is 0.155 e. The third-order valence-corrected chi connectivity index (χ3v) is 5.55. The molecule has 0 unspecified atom stereocenters. The second-order valence-electron chi connectivity index (χ2n) is 5.65. The fourth-order valence-corrected chi connectivity index (χ4v) is 4.69. The third-order valence-electron chi connectivity index (χ3n) is 3.65. The number of pyridine rings is 1. The van der Waals surface area contributed by atoms with Gasteiger partial charge in [-0.15, -0.1) is 0 Å². The van der Waals surface area contributed by atoms with Crippen LogP contribution in [0.25, 0.3) is 5.82 Å². The molecule has 1 N–H and O–H groups in total. The molecule has 0 saturated carbocycles. The lowest BCUT2D eigenvalue weighted by Crippen LogP contribution is -2.26. The Hall–Kier alpha value is -1.89. The highest BCUT2D eigenvalue weighted by atomic mass is 32.2. The van der Waals surface area contributed by atoms with E-state index < -0.39 is 9.84 Å². The predicted molar refractivity (Wildman–Crippen MR) is 81.3 cm³/mol. The molecule has 7 heteroatoms. The topological polar surface area (TPSA) is 76.9 Å². The molecule has 1 fully saturated rings. The molecule has 3 heterocycles. The largest absolute Gasteiger partial charge is 0.366 e. The Kier molecular flexibility index (Phi) is 3.44. The summed E-state index contributed by atoms with van der Waals surface area (Å²) in [5.74, 6) is 1.88. The SMILES string of the molecule is Cc1cnn(-c2cccc(N[C@@H]3CS(=O)(=O)C[C@@H]3C)n2)c1. The molecule has 0 aromatic carbocycles. The molecular formula is C14H18N4O2S. The van der Waals surface area contributed by atoms with Gasteiger partial charge in [-0.05, 0) is 30.5 Å². The molecule has 6 nitrogen and oxygen atoms in total. The van der Waals surface area contributed by atoms with E-state index in [2.05, 4.69) is 15.4 Å². The summed E-state index contributed by atoms with van der Waals surface area (Å²) >= 11 is 0. The number of hydrogen-bond acceptors (Lipinski definition) is 5. The molecule has 0 amide bonds. The van der Waals surface area contributed by atoms with Gasteiger partial charge in [0, 0.05) is 12.2 Å². The van der Waals surface area contributed by atoms with E-state index in [-0.39, 0.29) is 23.5 Å². The molecule has 112 valence electrons. The number of sulfone groups is 1. The summed E-state index contributed by atoms with van der Waals surface area (Å²) in [4.78, 5) is 4.50. The summed E-state index contributed by atoms with van der Waals surface area (Å²) in [6.45, 7) is 3.92. The summed E-state index contributed by atoms with van der Waals surface area (Å²) in [6, 6.07) is 5.51. The van der Waals surface area contributed by atoms with Gasteiger partial charge in [-0.1, -0.05) is 13.0 Å². The maximum Gasteiger partial charge on any atom is 0.155 e. The minimum Gasteiger partial charge on any atom is -0.366 e. The molecule has 2 aromatic rings. The van der Waals surface area contributed by atoms with Crippen LogP contribution in [0.4, 0.5) is 5.82 Å². The number of nitrogens with zero attached hydrogens (tertiary/aromatic N) is 3. The van der Waals surface area contributed by atoms with Crippen LogP contribution < -0.4 is 5.32 Å². The lowest BCUT2D eigenvalue weighted by molar-refractivity contribution is 0.591. The second kappa shape index (κ2) is 5.14. The average molecular weight is 306 g/mol. The van der Waals surface area contributed by atoms with Crippen LogP contribution >= 0.6 is 0 Å². The third kappa shape index (κ3) is 3.07. The zero-order valence-corrected chi connectivity index (χ0v) is 12.8. The summed E-state index contributed by atoms with van der Waals surface area (Å²) in [6.07, 6.45) is 3.67. The van der Waals surface area contributed by atoms with Gasteiger partial charge < -0.3 is 5.32 Å². The van der Waals surface area contributed by atoms with Crippen molar-refractivity contribution in [2.24, 2.45) is 5.92 Å². The van der Waals surface area contributed by atoms with Gasteiger partial charge in [0.15, 0.2) is 15.7 Å². The summed E-state index contributed by atoms with van der Waals surface area (Å²) in [7, 11) is -2.93. The maximum absolute atomic E-state index is 11.7. The number of anilines is 1. The molecule has 0 bridgehead atoms. The average Bonchev–Trinajstić information content (AvgIpc) is 2.94. The first kappa shape index (κ1) is 14.1. The van der Waals surface area contributed by atoms with Crippen LogP contribution in [-0.2, 0) is 9.84 Å². The van der Waals surface area contributed by atoms with Crippen LogP contribution in [0.1, 0.15) is 12.5 Å². The van der Waals surface area contributed by atoms with Gasteiger partial charge in [0.1, 0.15) is 5.82 Å². The molecule has 1 aliphatic rings. The molecule has 21 heavy (non-hydrogen) atoms. The van der Waals surface area contributed by atoms with Crippen LogP contribution in [-0.4, -0.2) is 40.7 Å². The number of aromatic nitrogens is 3. The Morgan fingerprint density at radius 1 is 1.33 bits per heavy atom. The van der Waals surface area contributed by atoms with Crippen molar-refractivity contribution in [2.45, 2.75) is 19.9 Å². The van der Waals surface area contributed by atoms with Crippen molar-refractivity contribution in [3.63, 3.8) is 0 Å². The molecule has 0 radical (unpaired) electrons. The number of hydrogen-bond donors (Lipinski definition) is 1. The second-order valence-corrected chi connectivity index (χ2v) is 7.80. The highest BCUT2D eigenvalue weighted by Gasteiger charge is 2.34. The van der Waals surface area contributed by atoms with E-state index in [4.69, 9.17) is 0 Å². The fourth-order valence-electron chi connectivity index (χ4n) is 2.57. The van der Waals surface area contributed by atoms with Crippen molar-refractivity contribution in [1.29, 1.82) is 0 Å². The molecule has 3 rings (SSSR count). The molecule has 2 atom stereocenters. The first-order valence-corrected chi connectivity index (χ1v) is 8.71. The number of nitrogens with one attached hydrogen (secondary N) is 1. The van der Waals surface area contributed by atoms with Gasteiger partial charge in [0.05, 0.1) is 17.7 Å². The zero-order chi connectivity index (χ0) is 15.0. The number of aryl methyl sites for hydroxylation is 1. The predicted octanol–water partition coefficient (Wildman–Crippen LogP) is 1.42. The van der Waals surface area contributed by atoms with Crippen molar-refractivity contribution < 1.29 is 8.42 Å². The highest BCUT2D eigenvalue weighted by molar-refractivity contribution is 7.91. The van der Waals surface area contributed by atoms with Gasteiger partial charge >= 0.3 is 0 Å². The van der Waals surface area contributed by atoms with Crippen molar-refractivity contribution in [1.82, 2.24) is 14.8 Å². The molecule has 0 aliphatic carbocycles. The minimum absolute atomic E-state index is 0.0860. The Labute approximate surface area is 124 Å². The van der Waals surface area contributed by atoms with E-state index in [1.165, 1.54) is 0 Å². The van der Waals surface area contributed by atoms with Gasteiger partial charge in [-0.25, -0.2) is 18.1 Å². The Morgan fingerprint density at radius 3 is 2.76 bits per heavy atom. The maximum atomic E-state index is 11.7.